The molecule has 9 nitrogen and oxygen atoms in total. The Kier molecular flexibility index (Phi) is 7.81. The van der Waals surface area contributed by atoms with Gasteiger partial charge in [0.05, 0.1) is 22.3 Å². The monoisotopic (exact) mass is 943 g/mol. The van der Waals surface area contributed by atoms with Crippen molar-refractivity contribution in [3.8, 4) is 5.75 Å². The van der Waals surface area contributed by atoms with E-state index >= 15 is 0 Å². The second-order valence-electron chi connectivity index (χ2n) is 8.72. The van der Waals surface area contributed by atoms with Crippen LogP contribution in [-0.4, -0.2) is 43.1 Å². The number of hydrogen-bond donors (Lipinski definition) is 0. The zero-order valence-corrected chi connectivity index (χ0v) is 27.8. The second kappa shape index (κ2) is 10.2. The molecule has 1 heterocycles. The van der Waals surface area contributed by atoms with Crippen molar-refractivity contribution in [2.24, 2.45) is 23.7 Å². The van der Waals surface area contributed by atoms with Gasteiger partial charge in [-0.2, -0.15) is 0 Å². The Morgan fingerprint density at radius 2 is 1.62 bits per heavy atom. The van der Waals surface area contributed by atoms with Gasteiger partial charge in [0.25, 0.3) is 0 Å². The van der Waals surface area contributed by atoms with Crippen LogP contribution in [0.4, 0.5) is 0 Å². The molecule has 0 amide bonds. The van der Waals surface area contributed by atoms with Gasteiger partial charge < -0.3 is 18.8 Å². The van der Waals surface area contributed by atoms with Crippen LogP contribution in [0.5, 0.6) is 5.75 Å². The van der Waals surface area contributed by atoms with E-state index in [9.17, 15) is 27.4 Å². The molecule has 3 aliphatic rings. The van der Waals surface area contributed by atoms with Crippen LogP contribution in [0.3, 0.4) is 0 Å². The Hall–Kier alpha value is -0.340. The quantitative estimate of drug-likeness (QED) is 0.175. The molecule has 3 fully saturated rings. The maximum atomic E-state index is 13.3. The molecule has 0 radical (unpaired) electrons. The zero-order chi connectivity index (χ0) is 27.0. The van der Waals surface area contributed by atoms with E-state index < -0.39 is 62.9 Å². The van der Waals surface area contributed by atoms with Crippen molar-refractivity contribution in [2.75, 3.05) is 0 Å². The first-order valence-electron chi connectivity index (χ1n) is 10.5. The summed E-state index contributed by atoms with van der Waals surface area (Å²) < 4.78 is 53.5. The lowest BCUT2D eigenvalue weighted by Crippen LogP contribution is -2.44. The van der Waals surface area contributed by atoms with Crippen LogP contribution >= 0.6 is 93.0 Å². The Balaban J connectivity index is 1.40. The lowest BCUT2D eigenvalue weighted by Gasteiger charge is -2.30. The Morgan fingerprint density at radius 1 is 1.03 bits per heavy atom. The molecule has 2 aliphatic carbocycles. The van der Waals surface area contributed by atoms with Gasteiger partial charge in [-0.15, -0.1) is 0 Å². The molecule has 2 aromatic carbocycles. The van der Waals surface area contributed by atoms with Gasteiger partial charge >= 0.3 is 17.9 Å². The summed E-state index contributed by atoms with van der Waals surface area (Å²) in [5.74, 6) is -4.30. The fraction of sp³-hybridized carbons (Fsp3) is 0.318. The number of ether oxygens (including phenoxy) is 3. The highest BCUT2D eigenvalue weighted by atomic mass is 127. The molecule has 196 valence electrons. The number of esters is 3. The zero-order valence-electron chi connectivity index (χ0n) is 18.0. The van der Waals surface area contributed by atoms with Gasteiger partial charge in [-0.3, -0.25) is 9.59 Å². The van der Waals surface area contributed by atoms with Crippen LogP contribution in [0.2, 0.25) is 0 Å². The first kappa shape index (κ1) is 28.2. The Morgan fingerprint density at radius 3 is 2.19 bits per heavy atom. The summed E-state index contributed by atoms with van der Waals surface area (Å²) in [4.78, 5) is 38.7. The summed E-state index contributed by atoms with van der Waals surface area (Å²) in [7, 11) is -4.72. The van der Waals surface area contributed by atoms with Gasteiger partial charge in [0.1, 0.15) is 28.1 Å². The summed E-state index contributed by atoms with van der Waals surface area (Å²) in [5, 5.41) is 0. The number of rotatable bonds is 5. The van der Waals surface area contributed by atoms with Crippen molar-refractivity contribution in [2.45, 2.75) is 23.5 Å². The first-order valence-corrected chi connectivity index (χ1v) is 16.4. The molecule has 1 saturated heterocycles. The minimum Gasteiger partial charge on any atom is -0.744 e. The van der Waals surface area contributed by atoms with Crippen molar-refractivity contribution >= 4 is 121 Å². The summed E-state index contributed by atoms with van der Waals surface area (Å²) in [6.07, 6.45) is -1.04. The highest BCUT2D eigenvalue weighted by molar-refractivity contribution is 14.1. The predicted molar refractivity (Wildman–Crippen MR) is 153 cm³/mol. The second-order valence-corrected chi connectivity index (χ2v) is 15.0. The third-order valence-corrected chi connectivity index (χ3v) is 11.8. The van der Waals surface area contributed by atoms with Crippen LogP contribution in [0.1, 0.15) is 16.8 Å². The summed E-state index contributed by atoms with van der Waals surface area (Å²) in [5.41, 5.74) is 0.253. The van der Waals surface area contributed by atoms with Crippen LogP contribution in [0.15, 0.2) is 42.6 Å². The minimum atomic E-state index is -4.72. The van der Waals surface area contributed by atoms with Crippen molar-refractivity contribution in [3.63, 3.8) is 0 Å². The molecule has 6 unspecified atom stereocenters. The van der Waals surface area contributed by atoms with Crippen LogP contribution in [0.25, 0.3) is 0 Å². The third kappa shape index (κ3) is 5.03. The van der Waals surface area contributed by atoms with Gasteiger partial charge in [-0.05, 0) is 108 Å². The number of hydrogen-bond acceptors (Lipinski definition) is 9. The molecule has 15 heteroatoms. The number of carbonyl (C=O) groups excluding carboxylic acids is 3. The van der Waals surface area contributed by atoms with E-state index in [0.29, 0.717) is 15.4 Å². The Bertz CT molecular complexity index is 1440. The first-order chi connectivity index (χ1) is 17.3. The van der Waals surface area contributed by atoms with E-state index in [1.807, 2.05) is 0 Å². The average Bonchev–Trinajstić information content (AvgIpc) is 3.35. The molecule has 1 aliphatic heterocycles. The van der Waals surface area contributed by atoms with Crippen LogP contribution in [-0.2, 0) is 29.2 Å². The smallest absolute Gasteiger partial charge is 0.340 e. The normalized spacial score (nSPS) is 27.8. The van der Waals surface area contributed by atoms with E-state index in [2.05, 4.69) is 47.8 Å². The van der Waals surface area contributed by atoms with E-state index in [0.717, 1.165) is 4.47 Å². The van der Waals surface area contributed by atoms with Crippen molar-refractivity contribution < 1.29 is 41.6 Å². The van der Waals surface area contributed by atoms with E-state index in [-0.39, 0.29) is 24.4 Å². The number of carbonyl (C=O) groups is 3. The summed E-state index contributed by atoms with van der Waals surface area (Å²) >= 11 is 13.4. The topological polar surface area (TPSA) is 136 Å². The summed E-state index contributed by atoms with van der Waals surface area (Å²) in [6.45, 7) is 0. The molecule has 0 spiro atoms. The summed E-state index contributed by atoms with van der Waals surface area (Å²) in [6, 6.07) is 5.93. The largest absolute Gasteiger partial charge is 0.744 e. The van der Waals surface area contributed by atoms with Crippen LogP contribution in [0, 0.1) is 30.8 Å². The van der Waals surface area contributed by atoms with Crippen molar-refractivity contribution in [1.29, 1.82) is 0 Å². The molecule has 6 atom stereocenters. The predicted octanol–water partition coefficient (Wildman–Crippen LogP) is 5.03. The van der Waals surface area contributed by atoms with Crippen molar-refractivity contribution in [3.05, 3.63) is 50.4 Å². The van der Waals surface area contributed by atoms with Gasteiger partial charge in [0.15, 0.2) is 0 Å². The number of halogens is 5. The maximum Gasteiger partial charge on any atom is 0.340 e. The Labute approximate surface area is 263 Å². The number of fused-ring (bicyclic) bond motifs is 1. The average molecular weight is 946 g/mol. The molecule has 2 bridgehead atoms. The fourth-order valence-corrected chi connectivity index (χ4v) is 11.9. The van der Waals surface area contributed by atoms with Crippen LogP contribution < -0.4 is 4.74 Å². The number of benzene rings is 2. The molecule has 2 aromatic rings. The molecular formula is C22H12Br3I2O9S-. The van der Waals surface area contributed by atoms with E-state index in [4.69, 9.17) is 14.2 Å². The minimum absolute atomic E-state index is 0.0353. The van der Waals surface area contributed by atoms with Gasteiger partial charge in [-0.1, -0.05) is 15.9 Å². The fourth-order valence-electron chi connectivity index (χ4n) is 5.41. The van der Waals surface area contributed by atoms with Gasteiger partial charge in [0.2, 0.25) is 0 Å². The highest BCUT2D eigenvalue weighted by Gasteiger charge is 2.70. The van der Waals surface area contributed by atoms with Gasteiger partial charge in [0, 0.05) is 32.4 Å². The standard InChI is InChI=1S/C22H13Br3I2O9S/c23-6-1-10(24)16(11(25)2-6)22(30)36-18-8-5-9-15(21(29)35-17(9)18)14(8)20(28)34-7-3-12(26)19(13(27)4-7)37(31,32)33/h1-4,8-9,14-15,17-18H,5H2,(H,31,32,33)/p-1. The molecule has 2 saturated carbocycles. The molecular weight excluding hydrogens is 934 g/mol. The van der Waals surface area contributed by atoms with E-state index in [1.54, 1.807) is 57.3 Å². The molecule has 0 N–H and O–H groups in total. The molecule has 37 heavy (non-hydrogen) atoms. The lowest BCUT2D eigenvalue weighted by molar-refractivity contribution is -0.149. The SMILES string of the molecule is O=C(OC1C2CC3C1OC(=O)C3C2C(=O)Oc1cc(I)c(S(=O)(=O)[O-])c(I)c1)c1c(Br)cc(Br)cc1Br. The van der Waals surface area contributed by atoms with E-state index in [1.165, 1.54) is 12.1 Å². The molecule has 0 aromatic heterocycles. The van der Waals surface area contributed by atoms with Crippen molar-refractivity contribution in [1.82, 2.24) is 0 Å². The lowest BCUT2D eigenvalue weighted by atomic mass is 9.78. The molecule has 5 rings (SSSR count). The third-order valence-electron chi connectivity index (χ3n) is 6.71. The van der Waals surface area contributed by atoms with Gasteiger partial charge in [-0.25, -0.2) is 13.2 Å². The maximum absolute atomic E-state index is 13.3. The highest BCUT2D eigenvalue weighted by Crippen LogP contribution is 2.59.